The standard InChI is InChI=1S/C11H19NO2/c12-11(7-10(13)14)5-1-2-9(6-11)8-3-4-8/h8-9H,1-7,12H2,(H,13,14). The Morgan fingerprint density at radius 3 is 2.64 bits per heavy atom. The van der Waals surface area contributed by atoms with E-state index in [-0.39, 0.29) is 6.42 Å². The Hall–Kier alpha value is -0.570. The fourth-order valence-corrected chi connectivity index (χ4v) is 2.87. The zero-order valence-corrected chi connectivity index (χ0v) is 8.54. The Bertz CT molecular complexity index is 237. The minimum Gasteiger partial charge on any atom is -0.481 e. The van der Waals surface area contributed by atoms with E-state index in [9.17, 15) is 4.79 Å². The lowest BCUT2D eigenvalue weighted by Crippen LogP contribution is -2.46. The summed E-state index contributed by atoms with van der Waals surface area (Å²) in [6, 6.07) is 0. The first kappa shape index (κ1) is 9.97. The van der Waals surface area contributed by atoms with Crippen molar-refractivity contribution in [2.24, 2.45) is 17.6 Å². The Morgan fingerprint density at radius 1 is 1.36 bits per heavy atom. The lowest BCUT2D eigenvalue weighted by Gasteiger charge is -2.37. The van der Waals surface area contributed by atoms with Crippen LogP contribution in [0.2, 0.25) is 0 Å². The molecule has 80 valence electrons. The van der Waals surface area contributed by atoms with E-state index in [1.165, 1.54) is 19.3 Å². The fraction of sp³-hybridized carbons (Fsp3) is 0.909. The maximum Gasteiger partial charge on any atom is 0.305 e. The van der Waals surface area contributed by atoms with Gasteiger partial charge < -0.3 is 10.8 Å². The van der Waals surface area contributed by atoms with Gasteiger partial charge in [-0.05, 0) is 37.5 Å². The second kappa shape index (κ2) is 3.54. The molecule has 3 heteroatoms. The highest BCUT2D eigenvalue weighted by Crippen LogP contribution is 2.46. The molecule has 0 amide bonds. The molecule has 3 nitrogen and oxygen atoms in total. The molecule has 2 fully saturated rings. The van der Waals surface area contributed by atoms with Crippen molar-refractivity contribution in [3.8, 4) is 0 Å². The van der Waals surface area contributed by atoms with Crippen molar-refractivity contribution in [1.29, 1.82) is 0 Å². The normalized spacial score (nSPS) is 38.2. The van der Waals surface area contributed by atoms with E-state index >= 15 is 0 Å². The van der Waals surface area contributed by atoms with Crippen LogP contribution in [0, 0.1) is 11.8 Å². The van der Waals surface area contributed by atoms with E-state index in [0.29, 0.717) is 5.92 Å². The number of rotatable bonds is 3. The van der Waals surface area contributed by atoms with Crippen molar-refractivity contribution in [3.05, 3.63) is 0 Å². The van der Waals surface area contributed by atoms with Gasteiger partial charge in [0.2, 0.25) is 0 Å². The molecule has 2 saturated carbocycles. The number of nitrogens with two attached hydrogens (primary N) is 1. The molecule has 14 heavy (non-hydrogen) atoms. The molecule has 0 radical (unpaired) electrons. The van der Waals surface area contributed by atoms with Crippen LogP contribution in [-0.2, 0) is 4.79 Å². The van der Waals surface area contributed by atoms with Crippen molar-refractivity contribution in [1.82, 2.24) is 0 Å². The Balaban J connectivity index is 1.93. The van der Waals surface area contributed by atoms with E-state index < -0.39 is 11.5 Å². The van der Waals surface area contributed by atoms with Crippen LogP contribution >= 0.6 is 0 Å². The molecule has 0 heterocycles. The van der Waals surface area contributed by atoms with Gasteiger partial charge in [-0.3, -0.25) is 4.79 Å². The number of carbonyl (C=O) groups is 1. The summed E-state index contributed by atoms with van der Waals surface area (Å²) < 4.78 is 0. The van der Waals surface area contributed by atoms with Crippen LogP contribution in [0.15, 0.2) is 0 Å². The lowest BCUT2D eigenvalue weighted by atomic mass is 9.73. The van der Waals surface area contributed by atoms with Gasteiger partial charge in [-0.25, -0.2) is 0 Å². The summed E-state index contributed by atoms with van der Waals surface area (Å²) in [6.45, 7) is 0. The maximum atomic E-state index is 10.7. The van der Waals surface area contributed by atoms with Crippen molar-refractivity contribution < 1.29 is 9.90 Å². The van der Waals surface area contributed by atoms with Crippen molar-refractivity contribution in [3.63, 3.8) is 0 Å². The van der Waals surface area contributed by atoms with Gasteiger partial charge >= 0.3 is 5.97 Å². The highest BCUT2D eigenvalue weighted by atomic mass is 16.4. The summed E-state index contributed by atoms with van der Waals surface area (Å²) in [5.74, 6) is 0.837. The third-order valence-electron chi connectivity index (χ3n) is 3.71. The number of carboxylic acids is 1. The number of aliphatic carboxylic acids is 1. The van der Waals surface area contributed by atoms with Crippen molar-refractivity contribution in [2.75, 3.05) is 0 Å². The third-order valence-corrected chi connectivity index (χ3v) is 3.71. The summed E-state index contributed by atoms with van der Waals surface area (Å²) in [7, 11) is 0. The highest BCUT2D eigenvalue weighted by Gasteiger charge is 2.40. The first-order valence-electron chi connectivity index (χ1n) is 5.60. The van der Waals surface area contributed by atoms with Crippen LogP contribution in [0.3, 0.4) is 0 Å². The van der Waals surface area contributed by atoms with Crippen LogP contribution in [0.1, 0.15) is 44.9 Å². The van der Waals surface area contributed by atoms with E-state index in [2.05, 4.69) is 0 Å². The first-order valence-corrected chi connectivity index (χ1v) is 5.60. The predicted octanol–water partition coefficient (Wildman–Crippen LogP) is 1.76. The van der Waals surface area contributed by atoms with Crippen molar-refractivity contribution >= 4 is 5.97 Å². The largest absolute Gasteiger partial charge is 0.481 e. The van der Waals surface area contributed by atoms with Gasteiger partial charge in [-0.15, -0.1) is 0 Å². The van der Waals surface area contributed by atoms with Crippen LogP contribution in [0.5, 0.6) is 0 Å². The first-order chi connectivity index (χ1) is 6.59. The molecule has 0 spiro atoms. The molecule has 2 aliphatic rings. The van der Waals surface area contributed by atoms with Crippen LogP contribution in [0.25, 0.3) is 0 Å². The smallest absolute Gasteiger partial charge is 0.305 e. The van der Waals surface area contributed by atoms with Crippen LogP contribution < -0.4 is 5.73 Å². The predicted molar refractivity (Wildman–Crippen MR) is 53.9 cm³/mol. The zero-order chi connectivity index (χ0) is 10.2. The molecule has 0 aromatic rings. The molecule has 2 rings (SSSR count). The fourth-order valence-electron chi connectivity index (χ4n) is 2.87. The van der Waals surface area contributed by atoms with Gasteiger partial charge in [0.15, 0.2) is 0 Å². The Morgan fingerprint density at radius 2 is 2.07 bits per heavy atom. The van der Waals surface area contributed by atoms with Crippen LogP contribution in [-0.4, -0.2) is 16.6 Å². The number of carboxylic acid groups (broad SMARTS) is 1. The van der Waals surface area contributed by atoms with Crippen molar-refractivity contribution in [2.45, 2.75) is 50.5 Å². The average molecular weight is 197 g/mol. The summed E-state index contributed by atoms with van der Waals surface area (Å²) in [4.78, 5) is 10.7. The second-order valence-corrected chi connectivity index (χ2v) is 5.13. The molecular weight excluding hydrogens is 178 g/mol. The quantitative estimate of drug-likeness (QED) is 0.724. The molecule has 2 atom stereocenters. The molecule has 0 bridgehead atoms. The van der Waals surface area contributed by atoms with Gasteiger partial charge in [0.05, 0.1) is 6.42 Å². The molecule has 3 N–H and O–H groups in total. The van der Waals surface area contributed by atoms with E-state index in [1.54, 1.807) is 0 Å². The Labute approximate surface area is 84.7 Å². The van der Waals surface area contributed by atoms with Gasteiger partial charge in [0.1, 0.15) is 0 Å². The monoisotopic (exact) mass is 197 g/mol. The second-order valence-electron chi connectivity index (χ2n) is 5.13. The van der Waals surface area contributed by atoms with E-state index in [4.69, 9.17) is 10.8 Å². The molecular formula is C11H19NO2. The molecule has 0 aliphatic heterocycles. The van der Waals surface area contributed by atoms with Gasteiger partial charge in [0, 0.05) is 5.54 Å². The lowest BCUT2D eigenvalue weighted by molar-refractivity contribution is -0.138. The SMILES string of the molecule is NC1(CC(=O)O)CCCC(C2CC2)C1. The minimum absolute atomic E-state index is 0.149. The third kappa shape index (κ3) is 2.27. The van der Waals surface area contributed by atoms with E-state index in [1.807, 2.05) is 0 Å². The molecule has 2 unspecified atom stereocenters. The summed E-state index contributed by atoms with van der Waals surface area (Å²) in [5.41, 5.74) is 5.73. The average Bonchev–Trinajstić information content (AvgIpc) is 2.83. The summed E-state index contributed by atoms with van der Waals surface area (Å²) in [5, 5.41) is 8.79. The Kier molecular flexibility index (Phi) is 2.52. The van der Waals surface area contributed by atoms with Gasteiger partial charge in [-0.2, -0.15) is 0 Å². The molecule has 0 saturated heterocycles. The number of hydrogen-bond acceptors (Lipinski definition) is 2. The molecule has 2 aliphatic carbocycles. The topological polar surface area (TPSA) is 63.3 Å². The maximum absolute atomic E-state index is 10.7. The van der Waals surface area contributed by atoms with E-state index in [0.717, 1.165) is 25.2 Å². The zero-order valence-electron chi connectivity index (χ0n) is 8.54. The summed E-state index contributed by atoms with van der Waals surface area (Å²) >= 11 is 0. The molecule has 0 aromatic carbocycles. The molecule has 0 aromatic heterocycles. The van der Waals surface area contributed by atoms with Gasteiger partial charge in [-0.1, -0.05) is 12.8 Å². The highest BCUT2D eigenvalue weighted by molar-refractivity contribution is 5.68. The van der Waals surface area contributed by atoms with Crippen LogP contribution in [0.4, 0.5) is 0 Å². The van der Waals surface area contributed by atoms with Gasteiger partial charge in [0.25, 0.3) is 0 Å². The summed E-state index contributed by atoms with van der Waals surface area (Å²) in [6.07, 6.45) is 7.04. The number of hydrogen-bond donors (Lipinski definition) is 2. The minimum atomic E-state index is -0.746.